The van der Waals surface area contributed by atoms with E-state index < -0.39 is 11.6 Å². The molecule has 0 aliphatic rings. The Bertz CT molecular complexity index is 360. The van der Waals surface area contributed by atoms with Crippen molar-refractivity contribution >= 4 is 0 Å². The summed E-state index contributed by atoms with van der Waals surface area (Å²) in [7, 11) is 1.93. The van der Waals surface area contributed by atoms with Crippen LogP contribution >= 0.6 is 0 Å². The van der Waals surface area contributed by atoms with Gasteiger partial charge in [-0.25, -0.2) is 8.78 Å². The first-order valence-corrected chi connectivity index (χ1v) is 6.30. The molecule has 1 rings (SSSR count). The number of nitrogens with two attached hydrogens (primary N) is 1. The van der Waals surface area contributed by atoms with Gasteiger partial charge in [-0.05, 0) is 43.6 Å². The van der Waals surface area contributed by atoms with Crippen LogP contribution < -0.4 is 5.73 Å². The van der Waals surface area contributed by atoms with E-state index in [-0.39, 0.29) is 6.04 Å². The van der Waals surface area contributed by atoms with Gasteiger partial charge in [-0.15, -0.1) is 0 Å². The highest BCUT2D eigenvalue weighted by molar-refractivity contribution is 5.21. The van der Waals surface area contributed by atoms with Crippen LogP contribution in [0.4, 0.5) is 8.78 Å². The average molecular weight is 256 g/mol. The predicted molar refractivity (Wildman–Crippen MR) is 70.2 cm³/mol. The largest absolute Gasteiger partial charge is 0.329 e. The zero-order valence-electron chi connectivity index (χ0n) is 11.3. The van der Waals surface area contributed by atoms with Crippen LogP contribution in [0.1, 0.15) is 31.9 Å². The van der Waals surface area contributed by atoms with Gasteiger partial charge in [0.25, 0.3) is 0 Å². The van der Waals surface area contributed by atoms with Gasteiger partial charge < -0.3 is 5.73 Å². The highest BCUT2D eigenvalue weighted by atomic mass is 19.1. The molecule has 2 N–H and O–H groups in total. The van der Waals surface area contributed by atoms with E-state index in [0.717, 1.165) is 19.0 Å². The second-order valence-electron chi connectivity index (χ2n) is 5.12. The van der Waals surface area contributed by atoms with Gasteiger partial charge in [0.15, 0.2) is 0 Å². The van der Waals surface area contributed by atoms with Crippen LogP contribution in [-0.2, 0) is 0 Å². The van der Waals surface area contributed by atoms with Crippen molar-refractivity contribution in [2.75, 3.05) is 20.1 Å². The number of likely N-dealkylation sites (N-methyl/N-ethyl adjacent to an activating group) is 1. The molecule has 0 radical (unpaired) electrons. The quantitative estimate of drug-likeness (QED) is 0.848. The molecule has 4 heteroatoms. The molecule has 1 aromatic carbocycles. The van der Waals surface area contributed by atoms with Gasteiger partial charge in [0.2, 0.25) is 0 Å². The third-order valence-corrected chi connectivity index (χ3v) is 3.08. The maximum atomic E-state index is 13.2. The van der Waals surface area contributed by atoms with Crippen LogP contribution in [0.5, 0.6) is 0 Å². The number of hydrogen-bond acceptors (Lipinski definition) is 2. The summed E-state index contributed by atoms with van der Waals surface area (Å²) in [6.45, 7) is 5.50. The fraction of sp³-hybridized carbons (Fsp3) is 0.571. The zero-order chi connectivity index (χ0) is 13.7. The number of rotatable bonds is 6. The lowest BCUT2D eigenvalue weighted by Crippen LogP contribution is -2.32. The topological polar surface area (TPSA) is 29.3 Å². The lowest BCUT2D eigenvalue weighted by Gasteiger charge is -2.28. The molecule has 0 bridgehead atoms. The molecule has 0 heterocycles. The van der Waals surface area contributed by atoms with Crippen LogP contribution in [0.25, 0.3) is 0 Å². The van der Waals surface area contributed by atoms with Crippen molar-refractivity contribution in [3.05, 3.63) is 35.4 Å². The third kappa shape index (κ3) is 4.35. The van der Waals surface area contributed by atoms with Gasteiger partial charge in [-0.1, -0.05) is 13.8 Å². The van der Waals surface area contributed by atoms with Gasteiger partial charge >= 0.3 is 0 Å². The van der Waals surface area contributed by atoms with E-state index >= 15 is 0 Å². The molecule has 1 unspecified atom stereocenters. The number of benzene rings is 1. The Labute approximate surface area is 108 Å². The summed E-state index contributed by atoms with van der Waals surface area (Å²) in [4.78, 5) is 2.05. The Hall–Kier alpha value is -1.00. The average Bonchev–Trinajstić information content (AvgIpc) is 2.26. The van der Waals surface area contributed by atoms with Crippen molar-refractivity contribution in [2.24, 2.45) is 11.7 Å². The minimum absolute atomic E-state index is 0.144. The second kappa shape index (κ2) is 6.81. The standard InChI is InChI=1S/C14H22F2N2/c1-10(2)4-5-18(3)14(9-17)11-6-12(15)8-13(16)7-11/h6-8,10,14H,4-5,9,17H2,1-3H3. The van der Waals surface area contributed by atoms with Crippen molar-refractivity contribution in [3.8, 4) is 0 Å². The van der Waals surface area contributed by atoms with Crippen LogP contribution in [0, 0.1) is 17.6 Å². The molecule has 0 aliphatic heterocycles. The highest BCUT2D eigenvalue weighted by Crippen LogP contribution is 2.21. The predicted octanol–water partition coefficient (Wildman–Crippen LogP) is 2.94. The Morgan fingerprint density at radius 3 is 2.17 bits per heavy atom. The lowest BCUT2D eigenvalue weighted by molar-refractivity contribution is 0.235. The summed E-state index contributed by atoms with van der Waals surface area (Å²) in [5, 5.41) is 0. The molecule has 0 fully saturated rings. The Kier molecular flexibility index (Phi) is 5.69. The summed E-state index contributed by atoms with van der Waals surface area (Å²) in [6.07, 6.45) is 1.03. The first-order valence-electron chi connectivity index (χ1n) is 6.30. The van der Waals surface area contributed by atoms with E-state index in [1.165, 1.54) is 12.1 Å². The van der Waals surface area contributed by atoms with E-state index in [4.69, 9.17) is 5.73 Å². The summed E-state index contributed by atoms with van der Waals surface area (Å²) in [6, 6.07) is 3.44. The second-order valence-corrected chi connectivity index (χ2v) is 5.12. The molecule has 102 valence electrons. The minimum atomic E-state index is -0.555. The molecule has 0 saturated carbocycles. The maximum Gasteiger partial charge on any atom is 0.126 e. The van der Waals surface area contributed by atoms with Crippen LogP contribution in [0.3, 0.4) is 0 Å². The van der Waals surface area contributed by atoms with E-state index in [0.29, 0.717) is 18.0 Å². The summed E-state index contributed by atoms with van der Waals surface area (Å²) in [5.74, 6) is -0.517. The number of nitrogens with zero attached hydrogens (tertiary/aromatic N) is 1. The Balaban J connectivity index is 2.81. The molecule has 2 nitrogen and oxygen atoms in total. The lowest BCUT2D eigenvalue weighted by atomic mass is 10.0. The van der Waals surface area contributed by atoms with Crippen LogP contribution in [-0.4, -0.2) is 25.0 Å². The molecule has 0 saturated heterocycles. The van der Waals surface area contributed by atoms with Crippen LogP contribution in [0.2, 0.25) is 0 Å². The monoisotopic (exact) mass is 256 g/mol. The summed E-state index contributed by atoms with van der Waals surface area (Å²) < 4.78 is 26.4. The first-order chi connectivity index (χ1) is 8.43. The highest BCUT2D eigenvalue weighted by Gasteiger charge is 2.17. The molecule has 1 aromatic rings. The van der Waals surface area contributed by atoms with Gasteiger partial charge in [-0.2, -0.15) is 0 Å². The normalized spacial score (nSPS) is 13.3. The van der Waals surface area contributed by atoms with Gasteiger partial charge in [0.05, 0.1) is 0 Å². The molecular weight excluding hydrogens is 234 g/mol. The van der Waals surface area contributed by atoms with E-state index in [9.17, 15) is 8.78 Å². The van der Waals surface area contributed by atoms with E-state index in [2.05, 4.69) is 13.8 Å². The third-order valence-electron chi connectivity index (χ3n) is 3.08. The molecule has 0 amide bonds. The minimum Gasteiger partial charge on any atom is -0.329 e. The molecule has 18 heavy (non-hydrogen) atoms. The molecule has 1 atom stereocenters. The van der Waals surface area contributed by atoms with E-state index in [1.807, 2.05) is 11.9 Å². The van der Waals surface area contributed by atoms with Crippen molar-refractivity contribution in [2.45, 2.75) is 26.3 Å². The zero-order valence-corrected chi connectivity index (χ0v) is 11.3. The fourth-order valence-corrected chi connectivity index (χ4v) is 1.96. The van der Waals surface area contributed by atoms with Crippen molar-refractivity contribution < 1.29 is 8.78 Å². The Morgan fingerprint density at radius 1 is 1.17 bits per heavy atom. The molecular formula is C14H22F2N2. The van der Waals surface area contributed by atoms with Crippen molar-refractivity contribution in [3.63, 3.8) is 0 Å². The fourth-order valence-electron chi connectivity index (χ4n) is 1.96. The van der Waals surface area contributed by atoms with Crippen LogP contribution in [0.15, 0.2) is 18.2 Å². The maximum absolute atomic E-state index is 13.2. The smallest absolute Gasteiger partial charge is 0.126 e. The first kappa shape index (κ1) is 15.1. The molecule has 0 aromatic heterocycles. The summed E-state index contributed by atoms with van der Waals surface area (Å²) >= 11 is 0. The summed E-state index contributed by atoms with van der Waals surface area (Å²) in [5.41, 5.74) is 6.32. The van der Waals surface area contributed by atoms with Crippen molar-refractivity contribution in [1.29, 1.82) is 0 Å². The van der Waals surface area contributed by atoms with Gasteiger partial charge in [0.1, 0.15) is 11.6 Å². The van der Waals surface area contributed by atoms with Gasteiger partial charge in [0, 0.05) is 18.7 Å². The van der Waals surface area contributed by atoms with Gasteiger partial charge in [-0.3, -0.25) is 4.90 Å². The number of hydrogen-bond donors (Lipinski definition) is 1. The number of halogens is 2. The van der Waals surface area contributed by atoms with E-state index in [1.54, 1.807) is 0 Å². The SMILES string of the molecule is CC(C)CCN(C)C(CN)c1cc(F)cc(F)c1. The Morgan fingerprint density at radius 2 is 1.72 bits per heavy atom. The molecule has 0 spiro atoms. The molecule has 0 aliphatic carbocycles. The van der Waals surface area contributed by atoms with Crippen molar-refractivity contribution in [1.82, 2.24) is 4.90 Å².